The van der Waals surface area contributed by atoms with Crippen molar-refractivity contribution in [1.82, 2.24) is 15.1 Å². The molecule has 0 bridgehead atoms. The molecule has 2 aromatic carbocycles. The van der Waals surface area contributed by atoms with Crippen LogP contribution in [0, 0.1) is 6.92 Å². The van der Waals surface area contributed by atoms with Crippen molar-refractivity contribution < 1.29 is 9.15 Å². The number of benzene rings is 2. The average molecular weight is 370 g/mol. The van der Waals surface area contributed by atoms with Gasteiger partial charge in [0.1, 0.15) is 12.4 Å². The zero-order valence-electron chi connectivity index (χ0n) is 14.6. The third-order valence-corrected chi connectivity index (χ3v) is 4.96. The summed E-state index contributed by atoms with van der Waals surface area (Å²) in [6.07, 6.45) is 0.851. The Kier molecular flexibility index (Phi) is 4.91. The number of fused-ring (bicyclic) bond motifs is 1. The van der Waals surface area contributed by atoms with Gasteiger partial charge in [-0.25, -0.2) is 0 Å². The van der Waals surface area contributed by atoms with Gasteiger partial charge in [-0.3, -0.25) is 4.90 Å². The lowest BCUT2D eigenvalue weighted by atomic mass is 9.94. The molecule has 134 valence electrons. The number of para-hydroxylation sites is 1. The summed E-state index contributed by atoms with van der Waals surface area (Å²) in [7, 11) is 0. The molecule has 0 saturated heterocycles. The Bertz CT molecular complexity index is 896. The van der Waals surface area contributed by atoms with Crippen molar-refractivity contribution in [3.8, 4) is 5.75 Å². The summed E-state index contributed by atoms with van der Waals surface area (Å²) in [5.41, 5.74) is 2.66. The Hall–Kier alpha value is -2.37. The van der Waals surface area contributed by atoms with Crippen LogP contribution in [-0.4, -0.2) is 28.2 Å². The molecule has 0 unspecified atom stereocenters. The molecule has 0 fully saturated rings. The van der Waals surface area contributed by atoms with E-state index in [1.165, 1.54) is 11.1 Å². The van der Waals surface area contributed by atoms with Gasteiger partial charge in [0.15, 0.2) is 0 Å². The van der Waals surface area contributed by atoms with Gasteiger partial charge in [-0.1, -0.05) is 48.0 Å². The van der Waals surface area contributed by atoms with Crippen LogP contribution in [0.1, 0.15) is 29.0 Å². The fraction of sp³-hybridized carbons (Fsp3) is 0.300. The Morgan fingerprint density at radius 3 is 2.65 bits per heavy atom. The third kappa shape index (κ3) is 3.59. The zero-order valence-corrected chi connectivity index (χ0v) is 15.3. The topological polar surface area (TPSA) is 51.4 Å². The summed E-state index contributed by atoms with van der Waals surface area (Å²) >= 11 is 6.17. The maximum atomic E-state index is 6.17. The van der Waals surface area contributed by atoms with Gasteiger partial charge in [0.05, 0.1) is 11.1 Å². The first-order valence-electron chi connectivity index (χ1n) is 8.69. The van der Waals surface area contributed by atoms with Crippen LogP contribution < -0.4 is 4.74 Å². The van der Waals surface area contributed by atoms with E-state index in [1.54, 1.807) is 0 Å². The van der Waals surface area contributed by atoms with Crippen molar-refractivity contribution in [3.63, 3.8) is 0 Å². The molecule has 2 heterocycles. The van der Waals surface area contributed by atoms with Crippen molar-refractivity contribution in [3.05, 3.63) is 76.5 Å². The normalized spacial score (nSPS) is 17.1. The summed E-state index contributed by atoms with van der Waals surface area (Å²) < 4.78 is 11.6. The zero-order chi connectivity index (χ0) is 17.9. The maximum absolute atomic E-state index is 6.17. The number of halogens is 1. The lowest BCUT2D eigenvalue weighted by Gasteiger charge is -2.34. The molecule has 6 heteroatoms. The van der Waals surface area contributed by atoms with Crippen LogP contribution >= 0.6 is 11.6 Å². The molecule has 3 aromatic rings. The minimum Gasteiger partial charge on any atom is -0.491 e. The standard InChI is InChI=1S/C20H20ClN3O2/c1-14-22-23-20(26-14)18-12-15-6-2-3-7-16(15)13-24(18)10-11-25-19-9-5-4-8-17(19)21/h2-9,18H,10-13H2,1H3/t18-/m1/s1. The van der Waals surface area contributed by atoms with E-state index >= 15 is 0 Å². The lowest BCUT2D eigenvalue weighted by Crippen LogP contribution is -2.37. The van der Waals surface area contributed by atoms with Crippen LogP contribution in [0.2, 0.25) is 5.02 Å². The highest BCUT2D eigenvalue weighted by Crippen LogP contribution is 2.32. The second-order valence-electron chi connectivity index (χ2n) is 6.40. The molecule has 5 nitrogen and oxygen atoms in total. The van der Waals surface area contributed by atoms with Crippen LogP contribution in [0.4, 0.5) is 0 Å². The smallest absolute Gasteiger partial charge is 0.233 e. The Morgan fingerprint density at radius 2 is 1.88 bits per heavy atom. The van der Waals surface area contributed by atoms with E-state index in [0.29, 0.717) is 29.2 Å². The molecule has 0 aliphatic carbocycles. The molecule has 1 aliphatic rings. The molecule has 0 spiro atoms. The highest BCUT2D eigenvalue weighted by Gasteiger charge is 2.30. The summed E-state index contributed by atoms with van der Waals surface area (Å²) in [4.78, 5) is 2.33. The van der Waals surface area contributed by atoms with E-state index in [4.69, 9.17) is 20.8 Å². The first-order valence-corrected chi connectivity index (χ1v) is 9.06. The largest absolute Gasteiger partial charge is 0.491 e. The van der Waals surface area contributed by atoms with E-state index in [9.17, 15) is 0 Å². The Morgan fingerprint density at radius 1 is 1.12 bits per heavy atom. The minimum atomic E-state index is 0.0564. The van der Waals surface area contributed by atoms with Crippen LogP contribution in [0.3, 0.4) is 0 Å². The van der Waals surface area contributed by atoms with Gasteiger partial charge in [0.25, 0.3) is 0 Å². The highest BCUT2D eigenvalue weighted by atomic mass is 35.5. The first kappa shape index (κ1) is 17.1. The van der Waals surface area contributed by atoms with Gasteiger partial charge >= 0.3 is 0 Å². The van der Waals surface area contributed by atoms with Gasteiger partial charge in [-0.2, -0.15) is 0 Å². The predicted molar refractivity (Wildman–Crippen MR) is 99.3 cm³/mol. The number of ether oxygens (including phenoxy) is 1. The van der Waals surface area contributed by atoms with E-state index in [1.807, 2.05) is 31.2 Å². The van der Waals surface area contributed by atoms with Crippen molar-refractivity contribution in [2.75, 3.05) is 13.2 Å². The molecule has 1 atom stereocenters. The quantitative estimate of drug-likeness (QED) is 0.674. The number of nitrogens with zero attached hydrogens (tertiary/aromatic N) is 3. The lowest BCUT2D eigenvalue weighted by molar-refractivity contribution is 0.121. The van der Waals surface area contributed by atoms with Gasteiger partial charge in [-0.15, -0.1) is 10.2 Å². The van der Waals surface area contributed by atoms with Crippen LogP contribution in [0.25, 0.3) is 0 Å². The monoisotopic (exact) mass is 369 g/mol. The average Bonchev–Trinajstić information content (AvgIpc) is 3.09. The summed E-state index contributed by atoms with van der Waals surface area (Å²) in [6.45, 7) is 3.92. The molecule has 26 heavy (non-hydrogen) atoms. The maximum Gasteiger partial charge on any atom is 0.233 e. The molecule has 0 radical (unpaired) electrons. The van der Waals surface area contributed by atoms with Crippen molar-refractivity contribution in [1.29, 1.82) is 0 Å². The predicted octanol–water partition coefficient (Wildman–Crippen LogP) is 4.21. The highest BCUT2D eigenvalue weighted by molar-refractivity contribution is 6.32. The van der Waals surface area contributed by atoms with E-state index < -0.39 is 0 Å². The number of aromatic nitrogens is 2. The SMILES string of the molecule is Cc1nnc([C@H]2Cc3ccccc3CN2CCOc2ccccc2Cl)o1. The summed E-state index contributed by atoms with van der Waals surface area (Å²) in [5.74, 6) is 1.96. The molecular formula is C20H20ClN3O2. The number of aryl methyl sites for hydroxylation is 1. The number of hydrogen-bond acceptors (Lipinski definition) is 5. The van der Waals surface area contributed by atoms with Gasteiger partial charge in [-0.05, 0) is 29.7 Å². The number of rotatable bonds is 5. The van der Waals surface area contributed by atoms with E-state index in [0.717, 1.165) is 19.5 Å². The van der Waals surface area contributed by atoms with Crippen LogP contribution in [0.5, 0.6) is 5.75 Å². The Balaban J connectivity index is 1.51. The first-order chi connectivity index (χ1) is 12.7. The van der Waals surface area contributed by atoms with Crippen molar-refractivity contribution in [2.24, 2.45) is 0 Å². The van der Waals surface area contributed by atoms with Gasteiger partial charge in [0.2, 0.25) is 11.8 Å². The minimum absolute atomic E-state index is 0.0564. The molecule has 4 rings (SSSR count). The van der Waals surface area contributed by atoms with Gasteiger partial charge in [0, 0.05) is 20.0 Å². The fourth-order valence-electron chi connectivity index (χ4n) is 3.34. The molecule has 1 aliphatic heterocycles. The van der Waals surface area contributed by atoms with Crippen LogP contribution in [-0.2, 0) is 13.0 Å². The molecule has 0 N–H and O–H groups in total. The number of hydrogen-bond donors (Lipinski definition) is 0. The van der Waals surface area contributed by atoms with E-state index in [-0.39, 0.29) is 6.04 Å². The molecule has 1 aromatic heterocycles. The third-order valence-electron chi connectivity index (χ3n) is 4.65. The Labute approximate surface area is 157 Å². The van der Waals surface area contributed by atoms with Crippen molar-refractivity contribution >= 4 is 11.6 Å². The summed E-state index contributed by atoms with van der Waals surface area (Å²) in [5, 5.41) is 8.88. The summed E-state index contributed by atoms with van der Waals surface area (Å²) in [6, 6.07) is 16.1. The van der Waals surface area contributed by atoms with Crippen LogP contribution in [0.15, 0.2) is 52.9 Å². The molecule has 0 amide bonds. The molecule has 0 saturated carbocycles. The molecular weight excluding hydrogens is 350 g/mol. The fourth-order valence-corrected chi connectivity index (χ4v) is 3.53. The van der Waals surface area contributed by atoms with E-state index in [2.05, 4.69) is 39.4 Å². The second-order valence-corrected chi connectivity index (χ2v) is 6.80. The second kappa shape index (κ2) is 7.48. The van der Waals surface area contributed by atoms with Crippen molar-refractivity contribution in [2.45, 2.75) is 25.9 Å². The van der Waals surface area contributed by atoms with Gasteiger partial charge < -0.3 is 9.15 Å².